The quantitative estimate of drug-likeness (QED) is 0.409. The van der Waals surface area contributed by atoms with Crippen LogP contribution in [0.2, 0.25) is 0 Å². The van der Waals surface area contributed by atoms with Gasteiger partial charge in [0, 0.05) is 6.08 Å². The van der Waals surface area contributed by atoms with Crippen molar-refractivity contribution in [2.75, 3.05) is 0 Å². The minimum atomic E-state index is -0.372. The number of hydrogen-bond acceptors (Lipinski definition) is 2. The molecule has 1 aliphatic carbocycles. The van der Waals surface area contributed by atoms with E-state index in [9.17, 15) is 10.1 Å². The van der Waals surface area contributed by atoms with Crippen LogP contribution in [-0.4, -0.2) is 4.92 Å². The highest BCUT2D eigenvalue weighted by molar-refractivity contribution is 5.25. The lowest BCUT2D eigenvalue weighted by Gasteiger charge is -2.04. The number of hydrogen-bond donors (Lipinski definition) is 0. The first-order valence-corrected chi connectivity index (χ1v) is 3.05. The molecule has 0 aromatic rings. The summed E-state index contributed by atoms with van der Waals surface area (Å²) >= 11 is 0. The van der Waals surface area contributed by atoms with E-state index in [2.05, 4.69) is 0 Å². The molecule has 0 saturated heterocycles. The van der Waals surface area contributed by atoms with Gasteiger partial charge in [0.1, 0.15) is 0 Å². The van der Waals surface area contributed by atoms with Crippen LogP contribution in [0, 0.1) is 16.0 Å². The molecule has 0 aromatic carbocycles. The molecule has 0 heterocycles. The van der Waals surface area contributed by atoms with Gasteiger partial charge in [0.25, 0.3) is 5.70 Å². The second-order valence-electron chi connectivity index (χ2n) is 2.27. The van der Waals surface area contributed by atoms with E-state index < -0.39 is 0 Å². The molecule has 0 unspecified atom stereocenters. The van der Waals surface area contributed by atoms with Crippen molar-refractivity contribution < 1.29 is 4.92 Å². The second kappa shape index (κ2) is 2.64. The number of rotatable bonds is 1. The predicted molar refractivity (Wildman–Crippen MR) is 37.8 cm³/mol. The van der Waals surface area contributed by atoms with Crippen molar-refractivity contribution in [2.24, 2.45) is 0 Å². The fourth-order valence-corrected chi connectivity index (χ4v) is 0.765. The summed E-state index contributed by atoms with van der Waals surface area (Å²) in [6.45, 7) is 1.95. The van der Waals surface area contributed by atoms with Crippen LogP contribution in [0.1, 0.15) is 13.3 Å². The Hall–Kier alpha value is -1.12. The van der Waals surface area contributed by atoms with Crippen molar-refractivity contribution in [3.05, 3.63) is 40.0 Å². The summed E-state index contributed by atoms with van der Waals surface area (Å²) in [5.41, 5.74) is 0.200. The first kappa shape index (κ1) is 6.99. The zero-order valence-corrected chi connectivity index (χ0v) is 5.70. The fourth-order valence-electron chi connectivity index (χ4n) is 0.765. The van der Waals surface area contributed by atoms with Gasteiger partial charge in [-0.1, -0.05) is 13.0 Å². The molecule has 0 N–H and O–H groups in total. The number of nitrogens with zero attached hydrogens (tertiary/aromatic N) is 1. The minimum Gasteiger partial charge on any atom is -0.258 e. The summed E-state index contributed by atoms with van der Waals surface area (Å²) in [5.74, 6) is 1.16. The Labute approximate surface area is 59.2 Å². The molecule has 0 aromatic heterocycles. The molecule has 0 spiro atoms. The average molecular weight is 138 g/mol. The Morgan fingerprint density at radius 1 is 1.60 bits per heavy atom. The standard InChI is InChI=1S/C7H8NO2/c1-6-2-4-7(5-3-6)8(9)10/h2,4-5H,3H2,1H3. The summed E-state index contributed by atoms with van der Waals surface area (Å²) in [6.07, 6.45) is 5.62. The third kappa shape index (κ3) is 1.43. The van der Waals surface area contributed by atoms with Crippen LogP contribution in [0.25, 0.3) is 0 Å². The molecule has 0 atom stereocenters. The maximum absolute atomic E-state index is 10.1. The van der Waals surface area contributed by atoms with Crippen LogP contribution in [0.5, 0.6) is 0 Å². The monoisotopic (exact) mass is 138 g/mol. The highest BCUT2D eigenvalue weighted by Crippen LogP contribution is 2.16. The first-order valence-electron chi connectivity index (χ1n) is 3.05. The molecule has 1 radical (unpaired) electrons. The lowest BCUT2D eigenvalue weighted by Crippen LogP contribution is -2.00. The van der Waals surface area contributed by atoms with E-state index in [1.165, 1.54) is 6.08 Å². The molecule has 1 aliphatic rings. The van der Waals surface area contributed by atoms with Gasteiger partial charge in [-0.2, -0.15) is 0 Å². The topological polar surface area (TPSA) is 43.1 Å². The predicted octanol–water partition coefficient (Wildman–Crippen LogP) is 1.70. The zero-order chi connectivity index (χ0) is 7.56. The first-order chi connectivity index (χ1) is 4.70. The van der Waals surface area contributed by atoms with Gasteiger partial charge >= 0.3 is 0 Å². The van der Waals surface area contributed by atoms with Gasteiger partial charge in [0.15, 0.2) is 0 Å². The van der Waals surface area contributed by atoms with Crippen molar-refractivity contribution in [2.45, 2.75) is 13.3 Å². The molecule has 3 nitrogen and oxygen atoms in total. The molecule has 0 fully saturated rings. The molecular formula is C7H8NO2. The van der Waals surface area contributed by atoms with Crippen molar-refractivity contribution in [1.29, 1.82) is 0 Å². The normalized spacial score (nSPS) is 18.7. The van der Waals surface area contributed by atoms with Crippen molar-refractivity contribution >= 4 is 0 Å². The van der Waals surface area contributed by atoms with Gasteiger partial charge in [-0.3, -0.25) is 10.1 Å². The summed E-state index contributed by atoms with van der Waals surface area (Å²) in [6, 6.07) is 0. The Bertz CT molecular complexity index is 206. The van der Waals surface area contributed by atoms with Crippen LogP contribution in [0.3, 0.4) is 0 Å². The molecule has 0 saturated carbocycles. The Balaban J connectivity index is 2.67. The Morgan fingerprint density at radius 2 is 2.30 bits per heavy atom. The van der Waals surface area contributed by atoms with Crippen LogP contribution in [0.4, 0.5) is 0 Å². The molecule has 3 heteroatoms. The summed E-state index contributed by atoms with van der Waals surface area (Å²) < 4.78 is 0. The van der Waals surface area contributed by atoms with E-state index in [0.717, 1.165) is 5.92 Å². The van der Waals surface area contributed by atoms with Crippen LogP contribution in [-0.2, 0) is 0 Å². The molecule has 10 heavy (non-hydrogen) atoms. The van der Waals surface area contributed by atoms with Crippen molar-refractivity contribution in [3.63, 3.8) is 0 Å². The zero-order valence-electron chi connectivity index (χ0n) is 5.70. The fraction of sp³-hybridized carbons (Fsp3) is 0.286. The van der Waals surface area contributed by atoms with Crippen LogP contribution >= 0.6 is 0 Å². The van der Waals surface area contributed by atoms with E-state index in [1.807, 2.05) is 6.92 Å². The van der Waals surface area contributed by atoms with Gasteiger partial charge in [0.05, 0.1) is 4.92 Å². The maximum Gasteiger partial charge on any atom is 0.265 e. The van der Waals surface area contributed by atoms with Crippen molar-refractivity contribution in [1.82, 2.24) is 0 Å². The van der Waals surface area contributed by atoms with Crippen LogP contribution in [0.15, 0.2) is 23.9 Å². The summed E-state index contributed by atoms with van der Waals surface area (Å²) in [5, 5.41) is 10.1. The van der Waals surface area contributed by atoms with E-state index in [1.54, 1.807) is 12.2 Å². The number of allylic oxidation sites excluding steroid dienone is 3. The van der Waals surface area contributed by atoms with Gasteiger partial charge in [-0.05, 0) is 18.4 Å². The average Bonchev–Trinajstić information content (AvgIpc) is 1.88. The molecule has 0 amide bonds. The van der Waals surface area contributed by atoms with Gasteiger partial charge in [-0.15, -0.1) is 0 Å². The minimum absolute atomic E-state index is 0.200. The third-order valence-electron chi connectivity index (χ3n) is 1.38. The van der Waals surface area contributed by atoms with Gasteiger partial charge < -0.3 is 0 Å². The number of nitro groups is 1. The lowest BCUT2D eigenvalue weighted by molar-refractivity contribution is -0.419. The van der Waals surface area contributed by atoms with E-state index in [-0.39, 0.29) is 10.6 Å². The van der Waals surface area contributed by atoms with E-state index in [4.69, 9.17) is 0 Å². The SMILES string of the molecule is C[C]1C=CC([N+](=O)[O-])=CC1. The van der Waals surface area contributed by atoms with Crippen LogP contribution < -0.4 is 0 Å². The second-order valence-corrected chi connectivity index (χ2v) is 2.27. The van der Waals surface area contributed by atoms with Gasteiger partial charge in [0.2, 0.25) is 0 Å². The Morgan fingerprint density at radius 3 is 2.70 bits per heavy atom. The molecule has 1 rings (SSSR count). The molecular weight excluding hydrogens is 130 g/mol. The summed E-state index contributed by atoms with van der Waals surface area (Å²) in [7, 11) is 0. The molecule has 0 bridgehead atoms. The third-order valence-corrected chi connectivity index (χ3v) is 1.38. The van der Waals surface area contributed by atoms with E-state index >= 15 is 0 Å². The summed E-state index contributed by atoms with van der Waals surface area (Å²) in [4.78, 5) is 9.77. The molecule has 53 valence electrons. The largest absolute Gasteiger partial charge is 0.265 e. The van der Waals surface area contributed by atoms with Gasteiger partial charge in [-0.25, -0.2) is 0 Å². The smallest absolute Gasteiger partial charge is 0.258 e. The highest BCUT2D eigenvalue weighted by Gasteiger charge is 2.11. The lowest BCUT2D eigenvalue weighted by atomic mass is 10.0. The maximum atomic E-state index is 10.1. The molecule has 0 aliphatic heterocycles. The van der Waals surface area contributed by atoms with Crippen molar-refractivity contribution in [3.8, 4) is 0 Å². The Kier molecular flexibility index (Phi) is 1.85. The highest BCUT2D eigenvalue weighted by atomic mass is 16.6. The van der Waals surface area contributed by atoms with E-state index in [0.29, 0.717) is 6.42 Å².